The minimum absolute atomic E-state index is 0.00239. The molecule has 1 aliphatic heterocycles. The number of azo groups is 2. The van der Waals surface area contributed by atoms with Crippen molar-refractivity contribution in [1.82, 2.24) is 34.8 Å². The second kappa shape index (κ2) is 21.6. The molecule has 10 aromatic rings. The highest BCUT2D eigenvalue weighted by molar-refractivity contribution is 6.28. The summed E-state index contributed by atoms with van der Waals surface area (Å²) in [6.07, 6.45) is 0. The number of hydrogen-bond acceptors (Lipinski definition) is 17. The van der Waals surface area contributed by atoms with E-state index in [-0.39, 0.29) is 34.0 Å². The molecule has 19 heteroatoms. The molecule has 0 bridgehead atoms. The summed E-state index contributed by atoms with van der Waals surface area (Å²) in [5.74, 6) is 1.14. The third-order valence-electron chi connectivity index (χ3n) is 14.7. The Balaban J connectivity index is 0.746. The summed E-state index contributed by atoms with van der Waals surface area (Å²) in [5.41, 5.74) is 11.2. The van der Waals surface area contributed by atoms with Crippen LogP contribution in [-0.4, -0.2) is 84.3 Å². The molecule has 0 amide bonds. The number of halogens is 2. The van der Waals surface area contributed by atoms with E-state index in [9.17, 15) is 10.2 Å². The first-order valence-electron chi connectivity index (χ1n) is 26.0. The van der Waals surface area contributed by atoms with Crippen LogP contribution in [0.5, 0.6) is 11.5 Å². The van der Waals surface area contributed by atoms with Crippen molar-refractivity contribution in [1.29, 1.82) is 0 Å². The van der Waals surface area contributed by atoms with Crippen LogP contribution < -0.4 is 20.9 Å². The summed E-state index contributed by atoms with van der Waals surface area (Å²) in [7, 11) is 0. The Kier molecular flexibility index (Phi) is 14.4. The molecule has 0 saturated carbocycles. The topological polar surface area (TPSA) is 210 Å². The van der Waals surface area contributed by atoms with Gasteiger partial charge in [-0.3, -0.25) is 4.90 Å². The molecular formula is C60H57Cl2N15O2. The first-order valence-corrected chi connectivity index (χ1v) is 26.7. The van der Waals surface area contributed by atoms with Gasteiger partial charge in [-0.05, 0) is 192 Å². The van der Waals surface area contributed by atoms with Crippen LogP contribution in [0.15, 0.2) is 118 Å². The highest BCUT2D eigenvalue weighted by atomic mass is 35.5. The summed E-state index contributed by atoms with van der Waals surface area (Å²) < 4.78 is 0. The van der Waals surface area contributed by atoms with Crippen molar-refractivity contribution in [3.63, 3.8) is 0 Å². The lowest BCUT2D eigenvalue weighted by molar-refractivity contribution is 0.266. The maximum Gasteiger partial charge on any atom is 0.233 e. The van der Waals surface area contributed by atoms with Gasteiger partial charge in [-0.15, -0.1) is 10.2 Å². The number of benzene rings is 8. The van der Waals surface area contributed by atoms with Gasteiger partial charge < -0.3 is 31.1 Å². The van der Waals surface area contributed by atoms with Gasteiger partial charge in [-0.2, -0.15) is 40.1 Å². The summed E-state index contributed by atoms with van der Waals surface area (Å²) in [4.78, 5) is 31.5. The van der Waals surface area contributed by atoms with Crippen molar-refractivity contribution in [3.8, 4) is 11.5 Å². The van der Waals surface area contributed by atoms with Crippen molar-refractivity contribution in [2.24, 2.45) is 20.5 Å². The molecule has 2 aromatic heterocycles. The monoisotopic (exact) mass is 1090 g/mol. The van der Waals surface area contributed by atoms with E-state index in [1.165, 1.54) is 21.9 Å². The van der Waals surface area contributed by atoms with E-state index in [0.29, 0.717) is 71.6 Å². The molecule has 0 aliphatic carbocycles. The summed E-state index contributed by atoms with van der Waals surface area (Å²) in [6.45, 7) is 20.0. The number of piperazine rings is 1. The minimum Gasteiger partial charge on any atom is -0.505 e. The van der Waals surface area contributed by atoms with Crippen LogP contribution in [0.1, 0.15) is 44.5 Å². The summed E-state index contributed by atoms with van der Waals surface area (Å²) in [6, 6.07) is 32.3. The first-order chi connectivity index (χ1) is 38.0. The van der Waals surface area contributed by atoms with E-state index in [1.54, 1.807) is 0 Å². The number of anilines is 6. The zero-order chi connectivity index (χ0) is 55.2. The Labute approximate surface area is 466 Å². The largest absolute Gasteiger partial charge is 0.505 e. The smallest absolute Gasteiger partial charge is 0.233 e. The molecule has 0 spiro atoms. The Hall–Kier alpha value is -8.64. The quantitative estimate of drug-likeness (QED) is 0.0682. The predicted molar refractivity (Wildman–Crippen MR) is 319 cm³/mol. The highest BCUT2D eigenvalue weighted by Gasteiger charge is 2.23. The number of phenols is 2. The average Bonchev–Trinajstić information content (AvgIpc) is 3.46. The molecule has 1 aliphatic rings. The second-order valence-corrected chi connectivity index (χ2v) is 20.9. The second-order valence-electron chi connectivity index (χ2n) is 20.2. The van der Waals surface area contributed by atoms with Crippen LogP contribution >= 0.6 is 23.2 Å². The van der Waals surface area contributed by atoms with E-state index in [1.807, 2.05) is 102 Å². The molecular weight excluding hydrogens is 1030 g/mol. The van der Waals surface area contributed by atoms with Crippen LogP contribution in [0.3, 0.4) is 0 Å². The van der Waals surface area contributed by atoms with E-state index >= 15 is 0 Å². The third kappa shape index (κ3) is 10.7. The number of nitrogens with one attached hydrogen (secondary N) is 3. The number of phenolic OH excluding ortho intramolecular Hbond substituents is 2. The highest BCUT2D eigenvalue weighted by Crippen LogP contribution is 2.46. The van der Waals surface area contributed by atoms with Crippen molar-refractivity contribution < 1.29 is 10.2 Å². The van der Waals surface area contributed by atoms with E-state index in [4.69, 9.17) is 28.2 Å². The molecule has 17 nitrogen and oxygen atoms in total. The van der Waals surface area contributed by atoms with Gasteiger partial charge in [0.25, 0.3) is 0 Å². The van der Waals surface area contributed by atoms with Crippen LogP contribution in [0.25, 0.3) is 43.1 Å². The molecule has 0 radical (unpaired) electrons. The van der Waals surface area contributed by atoms with Gasteiger partial charge in [0.2, 0.25) is 34.4 Å². The van der Waals surface area contributed by atoms with Crippen molar-refractivity contribution in [2.75, 3.05) is 60.1 Å². The van der Waals surface area contributed by atoms with Crippen molar-refractivity contribution >= 4 is 124 Å². The van der Waals surface area contributed by atoms with E-state index in [2.05, 4.69) is 121 Å². The molecule has 8 aromatic carbocycles. The summed E-state index contributed by atoms with van der Waals surface area (Å²) >= 11 is 13.1. The Morgan fingerprint density at radius 1 is 0.494 bits per heavy atom. The number of aromatic nitrogens is 6. The number of aromatic hydroxyl groups is 2. The van der Waals surface area contributed by atoms with E-state index in [0.717, 1.165) is 79.4 Å². The third-order valence-corrected chi connectivity index (χ3v) is 15.0. The molecule has 0 unspecified atom stereocenters. The fourth-order valence-corrected chi connectivity index (χ4v) is 10.9. The molecule has 5 N–H and O–H groups in total. The van der Waals surface area contributed by atoms with Gasteiger partial charge in [0.1, 0.15) is 11.4 Å². The standard InChI is InChI=1S/C60H57Cl2N15O2/c1-31-25-39-29-35(5)51(74-72-45-17-15-41-33(3)11-9-13-43(41)37(45)7)53(78)49(39)47(27-31)64-58-67-55(61)66-57(70-58)63-19-20-76-21-23-77(24-22-76)60-69-56(62)68-59(71-60)65-48-28-32(2)26-40-30-36(6)52(54(79)50(40)48)75-73-46-18-16-42-34(4)12-10-14-44(42)38(46)8/h9-18,25-30,78-79H,19-24H2,1-8H3,(H,65,68,69,71)(H2,63,64,66,67,70). The summed E-state index contributed by atoms with van der Waals surface area (Å²) in [5, 5.41) is 59.5. The fourth-order valence-electron chi connectivity index (χ4n) is 10.5. The first kappa shape index (κ1) is 52.4. The Bertz CT molecular complexity index is 4140. The Morgan fingerprint density at radius 2 is 0.975 bits per heavy atom. The molecule has 398 valence electrons. The SMILES string of the molecule is Cc1cc(Nc2nc(Cl)nc(NCCN3CCN(c4nc(Cl)nc(Nc5cc(C)cc6cc(C)c(N=Nc7ccc8c(C)cccc8c7C)c(O)c56)n4)CC3)n2)c2c(O)c(N=Nc3ccc4c(C)cccc4c3C)c(C)cc2c1. The minimum atomic E-state index is -0.0191. The van der Waals surface area contributed by atoms with Gasteiger partial charge >= 0.3 is 0 Å². The van der Waals surface area contributed by atoms with Gasteiger partial charge in [-0.1, -0.05) is 60.7 Å². The molecule has 3 heterocycles. The van der Waals surface area contributed by atoms with Crippen LogP contribution in [0.4, 0.5) is 57.9 Å². The zero-order valence-corrected chi connectivity index (χ0v) is 46.5. The van der Waals surface area contributed by atoms with E-state index < -0.39 is 0 Å². The zero-order valence-electron chi connectivity index (χ0n) is 45.0. The van der Waals surface area contributed by atoms with Crippen LogP contribution in [-0.2, 0) is 0 Å². The maximum absolute atomic E-state index is 11.9. The van der Waals surface area contributed by atoms with Gasteiger partial charge in [-0.25, -0.2) is 0 Å². The lowest BCUT2D eigenvalue weighted by atomic mass is 10.00. The fraction of sp³-hybridized carbons (Fsp3) is 0.233. The molecule has 0 atom stereocenters. The molecule has 79 heavy (non-hydrogen) atoms. The number of hydrogen-bond donors (Lipinski definition) is 5. The van der Waals surface area contributed by atoms with Gasteiger partial charge in [0.15, 0.2) is 11.5 Å². The molecule has 1 fully saturated rings. The number of nitrogens with zero attached hydrogens (tertiary/aromatic N) is 12. The lowest BCUT2D eigenvalue weighted by Crippen LogP contribution is -2.48. The lowest BCUT2D eigenvalue weighted by Gasteiger charge is -2.34. The number of aryl methyl sites for hydroxylation is 8. The Morgan fingerprint density at radius 3 is 1.49 bits per heavy atom. The number of fused-ring (bicyclic) bond motifs is 4. The van der Waals surface area contributed by atoms with Gasteiger partial charge in [0.05, 0.1) is 22.7 Å². The van der Waals surface area contributed by atoms with Crippen molar-refractivity contribution in [2.45, 2.75) is 55.4 Å². The van der Waals surface area contributed by atoms with Gasteiger partial charge in [0, 0.05) is 50.0 Å². The molecule has 1 saturated heterocycles. The number of rotatable bonds is 13. The van der Waals surface area contributed by atoms with Crippen molar-refractivity contribution in [3.05, 3.63) is 152 Å². The molecule has 11 rings (SSSR count). The normalized spacial score (nSPS) is 13.3. The predicted octanol–water partition coefficient (Wildman–Crippen LogP) is 15.4. The van der Waals surface area contributed by atoms with Crippen LogP contribution in [0.2, 0.25) is 10.6 Å². The maximum atomic E-state index is 11.9. The average molecular weight is 1090 g/mol. The van der Waals surface area contributed by atoms with Crippen LogP contribution in [0, 0.1) is 55.4 Å².